The van der Waals surface area contributed by atoms with Crippen LogP contribution in [0.1, 0.15) is 41.1 Å². The molecule has 0 saturated carbocycles. The van der Waals surface area contributed by atoms with Crippen molar-refractivity contribution in [3.05, 3.63) is 112 Å². The molecule has 38 heavy (non-hydrogen) atoms. The van der Waals surface area contributed by atoms with Crippen LogP contribution in [0.15, 0.2) is 83.5 Å². The molecule has 5 rings (SSSR count). The largest absolute Gasteiger partial charge is 0.352 e. The van der Waals surface area contributed by atoms with E-state index in [9.17, 15) is 9.18 Å². The van der Waals surface area contributed by atoms with E-state index in [0.717, 1.165) is 32.8 Å². The van der Waals surface area contributed by atoms with Gasteiger partial charge in [-0.05, 0) is 80.2 Å². The van der Waals surface area contributed by atoms with Crippen molar-refractivity contribution in [1.82, 2.24) is 19.8 Å². The topological polar surface area (TPSA) is 62.2 Å². The van der Waals surface area contributed by atoms with Gasteiger partial charge in [-0.1, -0.05) is 40.2 Å². The molecule has 0 radical (unpaired) electrons. The summed E-state index contributed by atoms with van der Waals surface area (Å²) >= 11 is 9.36. The average Bonchev–Trinajstić information content (AvgIpc) is 3.39. The zero-order valence-electron chi connectivity index (χ0n) is 21.0. The first kappa shape index (κ1) is 26.1. The zero-order chi connectivity index (χ0) is 26.8. The second kappa shape index (κ2) is 11.0. The van der Waals surface area contributed by atoms with E-state index in [0.29, 0.717) is 11.7 Å². The van der Waals surface area contributed by atoms with E-state index in [2.05, 4.69) is 68.2 Å². The van der Waals surface area contributed by atoms with Gasteiger partial charge in [0.1, 0.15) is 5.82 Å². The Balaban J connectivity index is 1.48. The van der Waals surface area contributed by atoms with Gasteiger partial charge in [-0.25, -0.2) is 4.39 Å². The average molecular weight is 593 g/mol. The van der Waals surface area contributed by atoms with E-state index >= 15 is 0 Å². The molecule has 0 bridgehead atoms. The highest BCUT2D eigenvalue weighted by Crippen LogP contribution is 2.41. The summed E-state index contributed by atoms with van der Waals surface area (Å²) in [5.74, 6) is -0.746. The molecule has 2 aromatic heterocycles. The number of nitrogens with one attached hydrogen (secondary N) is 2. The quantitative estimate of drug-likeness (QED) is 0.244. The molecule has 9 heteroatoms. The van der Waals surface area contributed by atoms with Gasteiger partial charge in [0.25, 0.3) is 0 Å². The van der Waals surface area contributed by atoms with Gasteiger partial charge in [-0.3, -0.25) is 9.78 Å². The second-order valence-corrected chi connectivity index (χ2v) is 10.5. The molecular weight excluding hydrogens is 565 g/mol. The number of rotatable bonds is 7. The molecule has 1 aliphatic heterocycles. The summed E-state index contributed by atoms with van der Waals surface area (Å²) in [6, 6.07) is 21.9. The fraction of sp³-hybridized carbons (Fsp3) is 0.207. The molecule has 4 aromatic rings. The van der Waals surface area contributed by atoms with E-state index in [1.165, 1.54) is 6.07 Å². The van der Waals surface area contributed by atoms with Crippen molar-refractivity contribution in [1.29, 1.82) is 0 Å². The molecule has 0 spiro atoms. The summed E-state index contributed by atoms with van der Waals surface area (Å²) in [5, 5.41) is 6.67. The number of aromatic nitrogens is 2. The molecule has 0 aliphatic carbocycles. The zero-order valence-corrected chi connectivity index (χ0v) is 23.4. The van der Waals surface area contributed by atoms with Crippen LogP contribution in [0.2, 0.25) is 0 Å². The molecule has 2 atom stereocenters. The second-order valence-electron chi connectivity index (χ2n) is 9.24. The summed E-state index contributed by atoms with van der Waals surface area (Å²) in [7, 11) is 0. The summed E-state index contributed by atoms with van der Waals surface area (Å²) in [6.07, 6.45) is 1.92. The number of nitrogens with zero attached hydrogens (tertiary/aromatic N) is 3. The van der Waals surface area contributed by atoms with Crippen molar-refractivity contribution >= 4 is 44.9 Å². The maximum atomic E-state index is 14.1. The Bertz CT molecular complexity index is 1490. The number of amides is 1. The molecule has 194 valence electrons. The lowest BCUT2D eigenvalue weighted by Crippen LogP contribution is -2.33. The molecule has 6 nitrogen and oxygen atoms in total. The Labute approximate surface area is 235 Å². The third kappa shape index (κ3) is 5.21. The third-order valence-corrected chi connectivity index (χ3v) is 7.63. The van der Waals surface area contributed by atoms with Crippen LogP contribution in [0.5, 0.6) is 0 Å². The first-order valence-corrected chi connectivity index (χ1v) is 13.5. The standard InChI is InChI=1S/C29H27BrFN5OS/c1-18-16-22(19(2)36(18)21-9-7-8-20(30)17-21)28-27(25-12-5-6-14-32-25)34-29(38)35(28)15-13-26(37)33-24-11-4-3-10-23(24)31/h3-12,14,16-17,27-28H,13,15H2,1-2H3,(H,33,37)(H,34,38)/t27-,28+/m1/s1. The number of anilines is 1. The van der Waals surface area contributed by atoms with E-state index in [1.807, 2.05) is 35.2 Å². The Morgan fingerprint density at radius 3 is 2.63 bits per heavy atom. The van der Waals surface area contributed by atoms with Crippen molar-refractivity contribution < 1.29 is 9.18 Å². The number of hydrogen-bond acceptors (Lipinski definition) is 3. The van der Waals surface area contributed by atoms with Crippen LogP contribution in [-0.2, 0) is 4.79 Å². The van der Waals surface area contributed by atoms with Gasteiger partial charge in [0.05, 0.1) is 23.5 Å². The van der Waals surface area contributed by atoms with Crippen molar-refractivity contribution in [2.75, 3.05) is 11.9 Å². The fourth-order valence-electron chi connectivity index (χ4n) is 5.08. The maximum absolute atomic E-state index is 14.1. The summed E-state index contributed by atoms with van der Waals surface area (Å²) in [6.45, 7) is 4.55. The normalized spacial score (nSPS) is 16.9. The van der Waals surface area contributed by atoms with Crippen molar-refractivity contribution in [3.63, 3.8) is 0 Å². The van der Waals surface area contributed by atoms with Crippen LogP contribution in [0.25, 0.3) is 5.69 Å². The lowest BCUT2D eigenvalue weighted by atomic mass is 9.96. The Kier molecular flexibility index (Phi) is 7.58. The number of thiocarbonyl (C=S) groups is 1. The lowest BCUT2D eigenvalue weighted by molar-refractivity contribution is -0.116. The van der Waals surface area contributed by atoms with E-state index < -0.39 is 5.82 Å². The molecular formula is C29H27BrFN5OS. The number of para-hydroxylation sites is 1. The molecule has 2 N–H and O–H groups in total. The first-order valence-electron chi connectivity index (χ1n) is 12.3. The van der Waals surface area contributed by atoms with Crippen molar-refractivity contribution in [2.24, 2.45) is 0 Å². The fourth-order valence-corrected chi connectivity index (χ4v) is 5.80. The number of carbonyl (C=O) groups excluding carboxylic acids is 1. The van der Waals surface area contributed by atoms with Gasteiger partial charge in [-0.2, -0.15) is 0 Å². The van der Waals surface area contributed by atoms with E-state index in [1.54, 1.807) is 24.4 Å². The van der Waals surface area contributed by atoms with Gasteiger partial charge in [0.2, 0.25) is 5.91 Å². The molecule has 1 aliphatic rings. The number of carbonyl (C=O) groups is 1. The first-order chi connectivity index (χ1) is 18.3. The molecule has 1 saturated heterocycles. The summed E-state index contributed by atoms with van der Waals surface area (Å²) < 4.78 is 17.3. The summed E-state index contributed by atoms with van der Waals surface area (Å²) in [5.41, 5.74) is 5.36. The van der Waals surface area contributed by atoms with Crippen LogP contribution in [0.4, 0.5) is 10.1 Å². The third-order valence-electron chi connectivity index (χ3n) is 6.78. The molecule has 1 fully saturated rings. The number of aryl methyl sites for hydroxylation is 1. The Morgan fingerprint density at radius 1 is 1.11 bits per heavy atom. The van der Waals surface area contributed by atoms with Crippen LogP contribution in [-0.4, -0.2) is 32.0 Å². The SMILES string of the molecule is Cc1cc([C@H]2[C@@H](c3ccccn3)NC(=S)N2CCC(=O)Nc2ccccc2F)c(C)n1-c1cccc(Br)c1. The maximum Gasteiger partial charge on any atom is 0.226 e. The summed E-state index contributed by atoms with van der Waals surface area (Å²) in [4.78, 5) is 19.4. The number of benzene rings is 2. The van der Waals surface area contributed by atoms with E-state index in [-0.39, 0.29) is 30.1 Å². The lowest BCUT2D eigenvalue weighted by Gasteiger charge is -2.28. The highest BCUT2D eigenvalue weighted by molar-refractivity contribution is 9.10. The minimum absolute atomic E-state index is 0.145. The monoisotopic (exact) mass is 591 g/mol. The van der Waals surface area contributed by atoms with E-state index in [4.69, 9.17) is 12.2 Å². The minimum Gasteiger partial charge on any atom is -0.352 e. The highest BCUT2D eigenvalue weighted by Gasteiger charge is 2.41. The highest BCUT2D eigenvalue weighted by atomic mass is 79.9. The Morgan fingerprint density at radius 2 is 1.89 bits per heavy atom. The van der Waals surface area contributed by atoms with Gasteiger partial charge in [0.15, 0.2) is 5.11 Å². The van der Waals surface area contributed by atoms with Gasteiger partial charge in [0, 0.05) is 40.7 Å². The number of hydrogen-bond donors (Lipinski definition) is 2. The van der Waals surface area contributed by atoms with Crippen molar-refractivity contribution in [3.8, 4) is 5.69 Å². The van der Waals surface area contributed by atoms with Gasteiger partial charge in [-0.15, -0.1) is 0 Å². The molecule has 3 heterocycles. The van der Waals surface area contributed by atoms with Crippen LogP contribution >= 0.6 is 28.1 Å². The number of halogens is 2. The molecule has 2 aromatic carbocycles. The smallest absolute Gasteiger partial charge is 0.226 e. The van der Waals surface area contributed by atoms with Gasteiger partial charge < -0.3 is 20.1 Å². The predicted octanol–water partition coefficient (Wildman–Crippen LogP) is 6.39. The van der Waals surface area contributed by atoms with Crippen molar-refractivity contribution in [2.45, 2.75) is 32.4 Å². The molecule has 1 amide bonds. The van der Waals surface area contributed by atoms with Crippen LogP contribution in [0.3, 0.4) is 0 Å². The molecule has 0 unspecified atom stereocenters. The Hall–Kier alpha value is -3.56. The van der Waals surface area contributed by atoms with Crippen LogP contribution < -0.4 is 10.6 Å². The van der Waals surface area contributed by atoms with Crippen LogP contribution in [0, 0.1) is 19.7 Å². The van der Waals surface area contributed by atoms with Gasteiger partial charge >= 0.3 is 0 Å². The number of pyridine rings is 1. The minimum atomic E-state index is -0.465. The predicted molar refractivity (Wildman–Crippen MR) is 155 cm³/mol.